The van der Waals surface area contributed by atoms with Crippen molar-refractivity contribution in [1.82, 2.24) is 5.16 Å². The molecular weight excluding hydrogens is 256 g/mol. The zero-order valence-electron chi connectivity index (χ0n) is 8.33. The van der Waals surface area contributed by atoms with Gasteiger partial charge in [-0.15, -0.1) is 0 Å². The summed E-state index contributed by atoms with van der Waals surface area (Å²) in [4.78, 5) is 0. The van der Waals surface area contributed by atoms with Crippen LogP contribution >= 0.6 is 15.9 Å². The first kappa shape index (κ1) is 10.4. The quantitative estimate of drug-likeness (QED) is 0.910. The minimum absolute atomic E-state index is 0.505. The minimum atomic E-state index is 0.505. The predicted molar refractivity (Wildman–Crippen MR) is 62.3 cm³/mol. The van der Waals surface area contributed by atoms with E-state index in [0.717, 1.165) is 27.1 Å². The van der Waals surface area contributed by atoms with E-state index in [1.54, 1.807) is 0 Å². The van der Waals surface area contributed by atoms with Crippen LogP contribution in [0.25, 0.3) is 11.3 Å². The van der Waals surface area contributed by atoms with Gasteiger partial charge in [-0.1, -0.05) is 27.2 Å². The van der Waals surface area contributed by atoms with E-state index in [1.165, 1.54) is 0 Å². The molecule has 0 saturated carbocycles. The first-order chi connectivity index (χ1) is 7.20. The second kappa shape index (κ2) is 4.16. The molecule has 15 heavy (non-hydrogen) atoms. The van der Waals surface area contributed by atoms with E-state index < -0.39 is 0 Å². The summed E-state index contributed by atoms with van der Waals surface area (Å²) in [6.07, 6.45) is 0. The van der Waals surface area contributed by atoms with Gasteiger partial charge in [0.25, 0.3) is 0 Å². The summed E-state index contributed by atoms with van der Waals surface area (Å²) >= 11 is 3.44. The molecule has 0 atom stereocenters. The van der Waals surface area contributed by atoms with Crippen molar-refractivity contribution >= 4 is 15.9 Å². The van der Waals surface area contributed by atoms with Crippen LogP contribution in [0.5, 0.6) is 0 Å². The van der Waals surface area contributed by atoms with Gasteiger partial charge in [-0.05, 0) is 24.6 Å². The first-order valence-electron chi connectivity index (χ1n) is 4.63. The molecule has 0 amide bonds. The van der Waals surface area contributed by atoms with Crippen LogP contribution in [0.2, 0.25) is 0 Å². The number of rotatable bonds is 2. The van der Waals surface area contributed by atoms with Crippen molar-refractivity contribution in [3.8, 4) is 11.3 Å². The molecule has 4 heteroatoms. The van der Waals surface area contributed by atoms with Crippen LogP contribution in [0.15, 0.2) is 33.3 Å². The predicted octanol–water partition coefficient (Wildman–Crippen LogP) is 2.87. The van der Waals surface area contributed by atoms with Crippen LogP contribution in [0.1, 0.15) is 11.3 Å². The molecule has 1 aromatic carbocycles. The molecule has 0 spiro atoms. The van der Waals surface area contributed by atoms with Gasteiger partial charge in [0.05, 0.1) is 0 Å². The van der Waals surface area contributed by atoms with Crippen LogP contribution in [-0.2, 0) is 6.54 Å². The van der Waals surface area contributed by atoms with Crippen molar-refractivity contribution in [2.45, 2.75) is 13.5 Å². The van der Waals surface area contributed by atoms with Gasteiger partial charge in [0.2, 0.25) is 0 Å². The average Bonchev–Trinajstić information content (AvgIpc) is 2.66. The summed E-state index contributed by atoms with van der Waals surface area (Å²) in [6.45, 7) is 2.38. The van der Waals surface area contributed by atoms with Gasteiger partial charge in [0.15, 0.2) is 0 Å². The molecular formula is C11H11BrN2O. The molecule has 0 aliphatic rings. The highest BCUT2D eigenvalue weighted by atomic mass is 79.9. The Balaban J connectivity index is 2.45. The molecule has 0 unspecified atom stereocenters. The van der Waals surface area contributed by atoms with Crippen molar-refractivity contribution < 1.29 is 4.52 Å². The number of halogens is 1. The van der Waals surface area contributed by atoms with Crippen molar-refractivity contribution in [3.05, 3.63) is 40.1 Å². The lowest BCUT2D eigenvalue weighted by Gasteiger charge is -2.02. The first-order valence-corrected chi connectivity index (χ1v) is 5.42. The minimum Gasteiger partial charge on any atom is -0.361 e. The van der Waals surface area contributed by atoms with E-state index in [9.17, 15) is 0 Å². The van der Waals surface area contributed by atoms with Gasteiger partial charge in [-0.25, -0.2) is 0 Å². The lowest BCUT2D eigenvalue weighted by atomic mass is 10.1. The fourth-order valence-corrected chi connectivity index (χ4v) is 1.80. The molecule has 2 N–H and O–H groups in total. The second-order valence-corrected chi connectivity index (χ2v) is 4.19. The summed E-state index contributed by atoms with van der Waals surface area (Å²) in [6, 6.07) is 7.88. The van der Waals surface area contributed by atoms with E-state index >= 15 is 0 Å². The van der Waals surface area contributed by atoms with Crippen LogP contribution in [-0.4, -0.2) is 5.16 Å². The fraction of sp³-hybridized carbons (Fsp3) is 0.182. The van der Waals surface area contributed by atoms with Crippen LogP contribution in [0.3, 0.4) is 0 Å². The van der Waals surface area contributed by atoms with Gasteiger partial charge in [0.1, 0.15) is 11.5 Å². The highest BCUT2D eigenvalue weighted by molar-refractivity contribution is 9.10. The van der Waals surface area contributed by atoms with Crippen LogP contribution in [0, 0.1) is 6.92 Å². The largest absolute Gasteiger partial charge is 0.361 e. The van der Waals surface area contributed by atoms with E-state index in [4.69, 9.17) is 10.3 Å². The van der Waals surface area contributed by atoms with Crippen molar-refractivity contribution in [3.63, 3.8) is 0 Å². The third-order valence-corrected chi connectivity index (χ3v) is 2.96. The summed E-state index contributed by atoms with van der Waals surface area (Å²) < 4.78 is 6.05. The molecule has 1 heterocycles. The maximum absolute atomic E-state index is 5.63. The molecule has 0 saturated heterocycles. The van der Waals surface area contributed by atoms with E-state index in [1.807, 2.05) is 31.2 Å². The molecule has 2 aromatic rings. The third-order valence-electron chi connectivity index (χ3n) is 2.19. The Kier molecular flexibility index (Phi) is 2.88. The lowest BCUT2D eigenvalue weighted by molar-refractivity contribution is 0.399. The van der Waals surface area contributed by atoms with Gasteiger partial charge in [-0.2, -0.15) is 0 Å². The van der Waals surface area contributed by atoms with E-state index in [-0.39, 0.29) is 0 Å². The molecule has 0 aliphatic heterocycles. The number of aromatic nitrogens is 1. The number of aryl methyl sites for hydroxylation is 1. The molecule has 0 radical (unpaired) electrons. The Labute approximate surface area is 96.4 Å². The Morgan fingerprint density at radius 3 is 2.80 bits per heavy atom. The normalized spacial score (nSPS) is 10.6. The van der Waals surface area contributed by atoms with Gasteiger partial charge in [0, 0.05) is 22.6 Å². The zero-order chi connectivity index (χ0) is 10.8. The van der Waals surface area contributed by atoms with Crippen molar-refractivity contribution in [1.29, 1.82) is 0 Å². The molecule has 0 bridgehead atoms. The standard InChI is InChI=1S/C11H11BrN2O/c1-7-4-11(14-15-7)8-2-3-10(12)9(5-8)6-13/h2-5H,6,13H2,1H3. The number of hydrogen-bond donors (Lipinski definition) is 1. The summed E-state index contributed by atoms with van der Waals surface area (Å²) in [5.74, 6) is 0.808. The van der Waals surface area contributed by atoms with Crippen LogP contribution in [0.4, 0.5) is 0 Å². The number of nitrogens with two attached hydrogens (primary N) is 1. The average molecular weight is 267 g/mol. The second-order valence-electron chi connectivity index (χ2n) is 3.33. The molecule has 0 fully saturated rings. The Morgan fingerprint density at radius 1 is 1.40 bits per heavy atom. The lowest BCUT2D eigenvalue weighted by Crippen LogP contribution is -1.97. The topological polar surface area (TPSA) is 52.0 Å². The SMILES string of the molecule is Cc1cc(-c2ccc(Br)c(CN)c2)no1. The number of nitrogens with zero attached hydrogens (tertiary/aromatic N) is 1. The Hall–Kier alpha value is -1.13. The monoisotopic (exact) mass is 266 g/mol. The van der Waals surface area contributed by atoms with E-state index in [2.05, 4.69) is 21.1 Å². The van der Waals surface area contributed by atoms with Crippen molar-refractivity contribution in [2.75, 3.05) is 0 Å². The smallest absolute Gasteiger partial charge is 0.134 e. The van der Waals surface area contributed by atoms with Gasteiger partial charge < -0.3 is 10.3 Å². The fourth-order valence-electron chi connectivity index (χ4n) is 1.39. The highest BCUT2D eigenvalue weighted by Gasteiger charge is 2.06. The third kappa shape index (κ3) is 2.11. The van der Waals surface area contributed by atoms with E-state index in [0.29, 0.717) is 6.54 Å². The highest BCUT2D eigenvalue weighted by Crippen LogP contribution is 2.24. The molecule has 0 aliphatic carbocycles. The maximum Gasteiger partial charge on any atom is 0.134 e. The molecule has 78 valence electrons. The van der Waals surface area contributed by atoms with Gasteiger partial charge >= 0.3 is 0 Å². The molecule has 1 aromatic heterocycles. The number of hydrogen-bond acceptors (Lipinski definition) is 3. The van der Waals surface area contributed by atoms with Gasteiger partial charge in [-0.3, -0.25) is 0 Å². The Morgan fingerprint density at radius 2 is 2.20 bits per heavy atom. The Bertz CT molecular complexity index is 479. The number of benzene rings is 1. The summed E-state index contributed by atoms with van der Waals surface area (Å²) in [5.41, 5.74) is 8.56. The van der Waals surface area contributed by atoms with Crippen molar-refractivity contribution in [2.24, 2.45) is 5.73 Å². The zero-order valence-corrected chi connectivity index (χ0v) is 9.91. The summed E-state index contributed by atoms with van der Waals surface area (Å²) in [5, 5.41) is 3.96. The van der Waals surface area contributed by atoms with Crippen LogP contribution < -0.4 is 5.73 Å². The summed E-state index contributed by atoms with van der Waals surface area (Å²) in [7, 11) is 0. The maximum atomic E-state index is 5.63. The molecule has 2 rings (SSSR count). The molecule has 3 nitrogen and oxygen atoms in total.